The van der Waals surface area contributed by atoms with Gasteiger partial charge in [0.15, 0.2) is 0 Å². The van der Waals surface area contributed by atoms with E-state index in [1.54, 1.807) is 13.1 Å². The molecule has 80 valence electrons. The van der Waals surface area contributed by atoms with Crippen molar-refractivity contribution in [1.29, 1.82) is 0 Å². The van der Waals surface area contributed by atoms with Crippen LogP contribution in [0.3, 0.4) is 0 Å². The van der Waals surface area contributed by atoms with Crippen LogP contribution in [0.5, 0.6) is 0 Å². The summed E-state index contributed by atoms with van der Waals surface area (Å²) in [6.45, 7) is 6.69. The lowest BCUT2D eigenvalue weighted by Crippen LogP contribution is -2.11. The molecule has 14 heavy (non-hydrogen) atoms. The van der Waals surface area contributed by atoms with Crippen molar-refractivity contribution in [3.8, 4) is 0 Å². The van der Waals surface area contributed by atoms with E-state index in [1.807, 2.05) is 11.6 Å². The average molecular weight is 217 g/mol. The molecule has 1 rings (SSSR count). The van der Waals surface area contributed by atoms with Gasteiger partial charge in [-0.1, -0.05) is 18.5 Å². The first kappa shape index (κ1) is 11.5. The Kier molecular flexibility index (Phi) is 3.96. The second-order valence-electron chi connectivity index (χ2n) is 3.68. The van der Waals surface area contributed by atoms with Crippen molar-refractivity contribution in [1.82, 2.24) is 9.78 Å². The molecule has 0 bridgehead atoms. The third-order valence-corrected chi connectivity index (χ3v) is 2.59. The number of aryl methyl sites for hydroxylation is 1. The summed E-state index contributed by atoms with van der Waals surface area (Å²) in [4.78, 5) is 0. The normalized spacial score (nSPS) is 15.5. The number of aliphatic hydroxyl groups excluding tert-OH is 1. The molecule has 4 heteroatoms. The molecule has 0 saturated carbocycles. The van der Waals surface area contributed by atoms with E-state index in [4.69, 9.17) is 11.6 Å². The third-order valence-electron chi connectivity index (χ3n) is 2.29. The van der Waals surface area contributed by atoms with Gasteiger partial charge in [-0.2, -0.15) is 5.10 Å². The van der Waals surface area contributed by atoms with Crippen LogP contribution in [0.1, 0.15) is 38.8 Å². The van der Waals surface area contributed by atoms with E-state index in [0.717, 1.165) is 12.2 Å². The molecule has 0 aliphatic carbocycles. The van der Waals surface area contributed by atoms with Crippen molar-refractivity contribution in [2.75, 3.05) is 0 Å². The van der Waals surface area contributed by atoms with Gasteiger partial charge in [0, 0.05) is 12.5 Å². The quantitative estimate of drug-likeness (QED) is 0.840. The van der Waals surface area contributed by atoms with Crippen molar-refractivity contribution in [2.24, 2.45) is 0 Å². The minimum atomic E-state index is -0.304. The summed E-state index contributed by atoms with van der Waals surface area (Å²) in [5, 5.41) is 14.2. The summed E-state index contributed by atoms with van der Waals surface area (Å²) in [6, 6.07) is 0. The SMILES string of the molecule is CCn1ncc(Cl)c1C(C)CC(C)O. The van der Waals surface area contributed by atoms with Crippen LogP contribution in [0.25, 0.3) is 0 Å². The van der Waals surface area contributed by atoms with Gasteiger partial charge in [0.2, 0.25) is 0 Å². The van der Waals surface area contributed by atoms with Gasteiger partial charge in [-0.05, 0) is 20.3 Å². The lowest BCUT2D eigenvalue weighted by Gasteiger charge is -2.15. The van der Waals surface area contributed by atoms with E-state index in [-0.39, 0.29) is 12.0 Å². The molecule has 1 heterocycles. The molecule has 0 aliphatic rings. The summed E-state index contributed by atoms with van der Waals surface area (Å²) >= 11 is 6.04. The first-order valence-corrected chi connectivity index (χ1v) is 5.33. The monoisotopic (exact) mass is 216 g/mol. The highest BCUT2D eigenvalue weighted by molar-refractivity contribution is 6.31. The highest BCUT2D eigenvalue weighted by Gasteiger charge is 2.17. The fourth-order valence-corrected chi connectivity index (χ4v) is 2.06. The van der Waals surface area contributed by atoms with Crippen LogP contribution in [-0.4, -0.2) is 21.0 Å². The number of halogens is 1. The van der Waals surface area contributed by atoms with Gasteiger partial charge in [-0.3, -0.25) is 4.68 Å². The van der Waals surface area contributed by atoms with Crippen LogP contribution in [0, 0.1) is 0 Å². The Morgan fingerprint density at radius 1 is 1.57 bits per heavy atom. The maximum Gasteiger partial charge on any atom is 0.0820 e. The van der Waals surface area contributed by atoms with E-state index in [9.17, 15) is 5.11 Å². The predicted molar refractivity (Wildman–Crippen MR) is 57.6 cm³/mol. The maximum atomic E-state index is 9.30. The van der Waals surface area contributed by atoms with Crippen molar-refractivity contribution < 1.29 is 5.11 Å². The number of hydrogen-bond donors (Lipinski definition) is 1. The van der Waals surface area contributed by atoms with E-state index in [1.165, 1.54) is 0 Å². The maximum absolute atomic E-state index is 9.30. The molecular weight excluding hydrogens is 200 g/mol. The van der Waals surface area contributed by atoms with Crippen molar-refractivity contribution in [2.45, 2.75) is 45.8 Å². The zero-order chi connectivity index (χ0) is 10.7. The fraction of sp³-hybridized carbons (Fsp3) is 0.700. The number of hydrogen-bond acceptors (Lipinski definition) is 2. The topological polar surface area (TPSA) is 38.0 Å². The molecule has 0 aromatic carbocycles. The summed E-state index contributed by atoms with van der Waals surface area (Å²) < 4.78 is 1.88. The second kappa shape index (κ2) is 4.80. The van der Waals surface area contributed by atoms with Crippen LogP contribution >= 0.6 is 11.6 Å². The zero-order valence-electron chi connectivity index (χ0n) is 8.87. The van der Waals surface area contributed by atoms with E-state index < -0.39 is 0 Å². The third kappa shape index (κ3) is 2.49. The Morgan fingerprint density at radius 2 is 2.21 bits per heavy atom. The molecule has 0 spiro atoms. The molecule has 3 nitrogen and oxygen atoms in total. The number of nitrogens with zero attached hydrogens (tertiary/aromatic N) is 2. The van der Waals surface area contributed by atoms with Crippen molar-refractivity contribution in [3.63, 3.8) is 0 Å². The fourth-order valence-electron chi connectivity index (χ4n) is 1.74. The van der Waals surface area contributed by atoms with E-state index >= 15 is 0 Å². The summed E-state index contributed by atoms with van der Waals surface area (Å²) in [5.41, 5.74) is 1.02. The molecule has 2 atom stereocenters. The number of aliphatic hydroxyl groups is 1. The molecule has 0 radical (unpaired) electrons. The van der Waals surface area contributed by atoms with Gasteiger partial charge in [0.05, 0.1) is 23.0 Å². The molecule has 1 aromatic rings. The largest absolute Gasteiger partial charge is 0.393 e. The average Bonchev–Trinajstić information content (AvgIpc) is 2.45. The van der Waals surface area contributed by atoms with Gasteiger partial charge in [-0.25, -0.2) is 0 Å². The Labute approximate surface area is 89.7 Å². The van der Waals surface area contributed by atoms with Gasteiger partial charge in [-0.15, -0.1) is 0 Å². The van der Waals surface area contributed by atoms with Gasteiger partial charge in [0.25, 0.3) is 0 Å². The Balaban J connectivity index is 2.86. The highest BCUT2D eigenvalue weighted by atomic mass is 35.5. The van der Waals surface area contributed by atoms with Gasteiger partial charge < -0.3 is 5.11 Å². The lowest BCUT2D eigenvalue weighted by atomic mass is 10.0. The predicted octanol–water partition coefficient (Wildman–Crippen LogP) is 2.43. The van der Waals surface area contributed by atoms with E-state index in [2.05, 4.69) is 12.0 Å². The molecule has 0 aliphatic heterocycles. The molecule has 0 saturated heterocycles. The molecular formula is C10H17ClN2O. The van der Waals surface area contributed by atoms with Crippen LogP contribution in [-0.2, 0) is 6.54 Å². The Bertz CT molecular complexity index is 296. The highest BCUT2D eigenvalue weighted by Crippen LogP contribution is 2.27. The standard InChI is InChI=1S/C10H17ClN2O/c1-4-13-10(9(11)6-12-13)7(2)5-8(3)14/h6-8,14H,4-5H2,1-3H3. The van der Waals surface area contributed by atoms with E-state index in [0.29, 0.717) is 11.4 Å². The van der Waals surface area contributed by atoms with Crippen molar-refractivity contribution in [3.05, 3.63) is 16.9 Å². The number of rotatable bonds is 4. The first-order chi connectivity index (χ1) is 6.56. The van der Waals surface area contributed by atoms with Crippen molar-refractivity contribution >= 4 is 11.6 Å². The molecule has 1 aromatic heterocycles. The number of aromatic nitrogens is 2. The van der Waals surface area contributed by atoms with Crippen LogP contribution in [0.4, 0.5) is 0 Å². The molecule has 0 fully saturated rings. The smallest absolute Gasteiger partial charge is 0.0820 e. The Morgan fingerprint density at radius 3 is 2.71 bits per heavy atom. The van der Waals surface area contributed by atoms with Crippen LogP contribution in [0.15, 0.2) is 6.20 Å². The minimum absolute atomic E-state index is 0.241. The summed E-state index contributed by atoms with van der Waals surface area (Å²) in [5.74, 6) is 0.241. The summed E-state index contributed by atoms with van der Waals surface area (Å²) in [7, 11) is 0. The van der Waals surface area contributed by atoms with Crippen LogP contribution < -0.4 is 0 Å². The summed E-state index contributed by atoms with van der Waals surface area (Å²) in [6.07, 6.45) is 2.07. The molecule has 2 unspecified atom stereocenters. The zero-order valence-corrected chi connectivity index (χ0v) is 9.62. The molecule has 0 amide bonds. The van der Waals surface area contributed by atoms with Crippen LogP contribution in [0.2, 0.25) is 5.02 Å². The lowest BCUT2D eigenvalue weighted by molar-refractivity contribution is 0.175. The molecule has 1 N–H and O–H groups in total. The van der Waals surface area contributed by atoms with Gasteiger partial charge in [0.1, 0.15) is 0 Å². The first-order valence-electron chi connectivity index (χ1n) is 4.95. The van der Waals surface area contributed by atoms with Gasteiger partial charge >= 0.3 is 0 Å². The Hall–Kier alpha value is -0.540. The second-order valence-corrected chi connectivity index (χ2v) is 4.09. The minimum Gasteiger partial charge on any atom is -0.393 e.